The molecular formula is C7H7N3O2S2. The van der Waals surface area contributed by atoms with Crippen molar-refractivity contribution in [2.75, 3.05) is 4.72 Å². The fourth-order valence-electron chi connectivity index (χ4n) is 0.927. The van der Waals surface area contributed by atoms with Crippen LogP contribution in [0.25, 0.3) is 0 Å². The van der Waals surface area contributed by atoms with E-state index in [2.05, 4.69) is 9.71 Å². The Kier molecular flexibility index (Phi) is 2.26. The Balaban J connectivity index is 2.27. The van der Waals surface area contributed by atoms with E-state index in [9.17, 15) is 8.42 Å². The number of thiazole rings is 1. The van der Waals surface area contributed by atoms with Gasteiger partial charge in [-0.1, -0.05) is 0 Å². The summed E-state index contributed by atoms with van der Waals surface area (Å²) < 4.78 is 26.6. The summed E-state index contributed by atoms with van der Waals surface area (Å²) in [6, 6.07) is 3.28. The van der Waals surface area contributed by atoms with Gasteiger partial charge in [-0.05, 0) is 12.1 Å². The number of nitrogens with zero attached hydrogens (tertiary/aromatic N) is 2. The molecule has 2 rings (SSSR count). The maximum atomic E-state index is 11.6. The molecule has 0 unspecified atom stereocenters. The van der Waals surface area contributed by atoms with Gasteiger partial charge >= 0.3 is 10.2 Å². The molecule has 0 bridgehead atoms. The monoisotopic (exact) mass is 229 g/mol. The van der Waals surface area contributed by atoms with Crippen molar-refractivity contribution in [3.63, 3.8) is 0 Å². The van der Waals surface area contributed by atoms with E-state index in [1.54, 1.807) is 23.0 Å². The number of nitrogens with one attached hydrogen (secondary N) is 1. The van der Waals surface area contributed by atoms with Crippen LogP contribution in [0.5, 0.6) is 0 Å². The minimum atomic E-state index is -3.53. The first-order chi connectivity index (χ1) is 6.68. The van der Waals surface area contributed by atoms with Crippen LogP contribution in [0.15, 0.2) is 35.4 Å². The summed E-state index contributed by atoms with van der Waals surface area (Å²) in [7, 11) is -3.53. The molecular weight excluding hydrogens is 222 g/mol. The predicted molar refractivity (Wildman–Crippen MR) is 54.5 cm³/mol. The zero-order valence-electron chi connectivity index (χ0n) is 6.99. The Hall–Kier alpha value is -1.34. The third-order valence-electron chi connectivity index (χ3n) is 1.52. The lowest BCUT2D eigenvalue weighted by molar-refractivity contribution is 0.593. The van der Waals surface area contributed by atoms with Gasteiger partial charge in [-0.2, -0.15) is 8.42 Å². The molecule has 0 amide bonds. The lowest BCUT2D eigenvalue weighted by Gasteiger charge is -2.05. The van der Waals surface area contributed by atoms with Crippen molar-refractivity contribution in [1.29, 1.82) is 0 Å². The molecule has 0 saturated heterocycles. The first kappa shape index (κ1) is 9.22. The lowest BCUT2D eigenvalue weighted by atomic mass is 10.7. The number of rotatable bonds is 3. The molecule has 5 nitrogen and oxygen atoms in total. The zero-order chi connectivity index (χ0) is 10.0. The van der Waals surface area contributed by atoms with Crippen LogP contribution in [0.1, 0.15) is 0 Å². The summed E-state index contributed by atoms with van der Waals surface area (Å²) in [6.07, 6.45) is 2.91. The van der Waals surface area contributed by atoms with E-state index in [-0.39, 0.29) is 0 Å². The second-order valence-electron chi connectivity index (χ2n) is 2.49. The summed E-state index contributed by atoms with van der Waals surface area (Å²) >= 11 is 1.33. The topological polar surface area (TPSA) is 64.0 Å². The fraction of sp³-hybridized carbons (Fsp3) is 0. The summed E-state index contributed by atoms with van der Waals surface area (Å²) in [5.41, 5.74) is 1.56. The number of aromatic nitrogens is 2. The van der Waals surface area contributed by atoms with Crippen molar-refractivity contribution in [3.05, 3.63) is 35.4 Å². The quantitative estimate of drug-likeness (QED) is 0.858. The van der Waals surface area contributed by atoms with Crippen molar-refractivity contribution in [2.45, 2.75) is 0 Å². The van der Waals surface area contributed by atoms with Crippen LogP contribution in [-0.2, 0) is 10.2 Å². The maximum absolute atomic E-state index is 11.6. The maximum Gasteiger partial charge on any atom is 0.328 e. The second kappa shape index (κ2) is 3.43. The van der Waals surface area contributed by atoms with Gasteiger partial charge in [0.15, 0.2) is 5.82 Å². The van der Waals surface area contributed by atoms with Gasteiger partial charge in [-0.3, -0.25) is 0 Å². The largest absolute Gasteiger partial charge is 0.328 e. The molecule has 74 valence electrons. The zero-order valence-corrected chi connectivity index (χ0v) is 8.62. The first-order valence-corrected chi connectivity index (χ1v) is 6.11. The van der Waals surface area contributed by atoms with Gasteiger partial charge in [0.25, 0.3) is 0 Å². The molecule has 0 radical (unpaired) electrons. The Bertz CT molecular complexity index is 487. The molecule has 14 heavy (non-hydrogen) atoms. The molecule has 2 heterocycles. The van der Waals surface area contributed by atoms with Crippen molar-refractivity contribution in [3.8, 4) is 0 Å². The Morgan fingerprint density at radius 1 is 1.36 bits per heavy atom. The minimum absolute atomic E-state index is 0.337. The standard InChI is InChI=1S/C7H7N3O2S2/c11-14(12,10-3-1-2-4-10)9-7-5-13-6-8-7/h1-6,9H. The van der Waals surface area contributed by atoms with Gasteiger partial charge in [-0.15, -0.1) is 11.3 Å². The van der Waals surface area contributed by atoms with Gasteiger partial charge in [0.05, 0.1) is 5.51 Å². The molecule has 0 aromatic carbocycles. The van der Waals surface area contributed by atoms with Gasteiger partial charge in [0, 0.05) is 17.8 Å². The van der Waals surface area contributed by atoms with E-state index in [1.165, 1.54) is 23.7 Å². The van der Waals surface area contributed by atoms with Crippen LogP contribution in [0, 0.1) is 0 Å². The molecule has 0 aliphatic heterocycles. The minimum Gasteiger partial charge on any atom is -0.249 e. The highest BCUT2D eigenvalue weighted by Crippen LogP contribution is 2.10. The van der Waals surface area contributed by atoms with Gasteiger partial charge in [-0.25, -0.2) is 13.7 Å². The molecule has 0 spiro atoms. The molecule has 0 fully saturated rings. The van der Waals surface area contributed by atoms with E-state index in [4.69, 9.17) is 0 Å². The third-order valence-corrected chi connectivity index (χ3v) is 3.37. The van der Waals surface area contributed by atoms with Gasteiger partial charge in [0.2, 0.25) is 0 Å². The number of hydrogen-bond donors (Lipinski definition) is 1. The highest BCUT2D eigenvalue weighted by molar-refractivity contribution is 7.91. The summed E-state index contributed by atoms with van der Waals surface area (Å²) in [5, 5.41) is 1.63. The first-order valence-electron chi connectivity index (χ1n) is 3.73. The van der Waals surface area contributed by atoms with Crippen LogP contribution < -0.4 is 4.72 Å². The highest BCUT2D eigenvalue weighted by Gasteiger charge is 2.11. The van der Waals surface area contributed by atoms with E-state index in [0.717, 1.165) is 3.97 Å². The van der Waals surface area contributed by atoms with Crippen molar-refractivity contribution >= 4 is 27.4 Å². The predicted octanol–water partition coefficient (Wildman–Crippen LogP) is 1.15. The molecule has 0 aliphatic rings. The fourth-order valence-corrected chi connectivity index (χ4v) is 2.43. The van der Waals surface area contributed by atoms with Crippen LogP contribution in [0.2, 0.25) is 0 Å². The summed E-state index contributed by atoms with van der Waals surface area (Å²) in [6.45, 7) is 0. The van der Waals surface area contributed by atoms with Crippen LogP contribution in [0.4, 0.5) is 5.82 Å². The van der Waals surface area contributed by atoms with E-state index in [0.29, 0.717) is 5.82 Å². The average Bonchev–Trinajstić information content (AvgIpc) is 2.71. The van der Waals surface area contributed by atoms with Crippen LogP contribution in [0.3, 0.4) is 0 Å². The molecule has 0 saturated carbocycles. The molecule has 2 aromatic rings. The SMILES string of the molecule is O=S(=O)(Nc1cscn1)n1cccc1. The van der Waals surface area contributed by atoms with Crippen molar-refractivity contribution in [2.24, 2.45) is 0 Å². The normalized spacial score (nSPS) is 11.4. The summed E-state index contributed by atoms with van der Waals surface area (Å²) in [5.74, 6) is 0.337. The van der Waals surface area contributed by atoms with Crippen LogP contribution >= 0.6 is 11.3 Å². The summed E-state index contributed by atoms with van der Waals surface area (Å²) in [4.78, 5) is 3.83. The van der Waals surface area contributed by atoms with E-state index < -0.39 is 10.2 Å². The molecule has 0 aliphatic carbocycles. The average molecular weight is 229 g/mol. The third kappa shape index (κ3) is 1.78. The van der Waals surface area contributed by atoms with Crippen molar-refractivity contribution < 1.29 is 8.42 Å². The number of anilines is 1. The molecule has 0 atom stereocenters. The van der Waals surface area contributed by atoms with Gasteiger partial charge in [0.1, 0.15) is 0 Å². The Labute approximate surface area is 85.2 Å². The Morgan fingerprint density at radius 3 is 2.64 bits per heavy atom. The second-order valence-corrected chi connectivity index (χ2v) is 4.79. The van der Waals surface area contributed by atoms with Crippen molar-refractivity contribution in [1.82, 2.24) is 8.96 Å². The van der Waals surface area contributed by atoms with E-state index in [1.807, 2.05) is 0 Å². The lowest BCUT2D eigenvalue weighted by Crippen LogP contribution is -2.20. The smallest absolute Gasteiger partial charge is 0.249 e. The number of hydrogen-bond acceptors (Lipinski definition) is 4. The van der Waals surface area contributed by atoms with Crippen LogP contribution in [-0.4, -0.2) is 17.4 Å². The van der Waals surface area contributed by atoms with E-state index >= 15 is 0 Å². The Morgan fingerprint density at radius 2 is 2.07 bits per heavy atom. The molecule has 1 N–H and O–H groups in total. The highest BCUT2D eigenvalue weighted by atomic mass is 32.2. The van der Waals surface area contributed by atoms with Gasteiger partial charge < -0.3 is 0 Å². The molecule has 2 aromatic heterocycles. The molecule has 7 heteroatoms.